The lowest BCUT2D eigenvalue weighted by Gasteiger charge is -2.38. The molecule has 21 heavy (non-hydrogen) atoms. The van der Waals surface area contributed by atoms with Gasteiger partial charge in [-0.1, -0.05) is 6.92 Å². The zero-order chi connectivity index (χ0) is 15.5. The third-order valence-corrected chi connectivity index (χ3v) is 4.37. The number of alkyl halides is 2. The van der Waals surface area contributed by atoms with Crippen molar-refractivity contribution in [3.8, 4) is 0 Å². The maximum atomic E-state index is 14.2. The molecule has 0 spiro atoms. The van der Waals surface area contributed by atoms with Gasteiger partial charge in [0.25, 0.3) is 5.92 Å². The van der Waals surface area contributed by atoms with E-state index < -0.39 is 11.8 Å². The summed E-state index contributed by atoms with van der Waals surface area (Å²) in [5.41, 5.74) is 0.593. The van der Waals surface area contributed by atoms with Crippen LogP contribution in [0, 0.1) is 11.8 Å². The number of aromatic nitrogens is 1. The highest BCUT2D eigenvalue weighted by Gasteiger charge is 2.47. The van der Waals surface area contributed by atoms with Crippen LogP contribution in [0.5, 0.6) is 0 Å². The van der Waals surface area contributed by atoms with Crippen molar-refractivity contribution < 1.29 is 18.3 Å². The molecule has 3 nitrogen and oxygen atoms in total. The highest BCUT2D eigenvalue weighted by atomic mass is 19.3. The average Bonchev–Trinajstić information content (AvgIpc) is 2.47. The fraction of sp³-hybridized carbons (Fsp3) is 0.625. The highest BCUT2D eigenvalue weighted by Crippen LogP contribution is 2.48. The Kier molecular flexibility index (Phi) is 4.91. The van der Waals surface area contributed by atoms with E-state index in [-0.39, 0.29) is 24.2 Å². The standard InChI is InChI=1S/C16H21F2NO2/c1-3-21-15(20)11(2)13-4-7-16(17,18)14(10-13)12-5-8-19-9-6-12/h5-6,8-9,11,13-14H,3-4,7,10H2,1-2H3/t11?,13?,14-/m1/s1. The normalized spacial score (nSPS) is 26.1. The molecule has 0 aliphatic heterocycles. The van der Waals surface area contributed by atoms with Crippen molar-refractivity contribution in [2.24, 2.45) is 11.8 Å². The molecule has 0 aromatic carbocycles. The topological polar surface area (TPSA) is 39.2 Å². The zero-order valence-corrected chi connectivity index (χ0v) is 12.4. The van der Waals surface area contributed by atoms with Crippen LogP contribution in [0.15, 0.2) is 24.5 Å². The van der Waals surface area contributed by atoms with Gasteiger partial charge in [0.1, 0.15) is 0 Å². The second-order valence-corrected chi connectivity index (χ2v) is 5.67. The summed E-state index contributed by atoms with van der Waals surface area (Å²) in [5.74, 6) is -4.28. The van der Waals surface area contributed by atoms with Crippen LogP contribution < -0.4 is 0 Å². The summed E-state index contributed by atoms with van der Waals surface area (Å²) in [6, 6.07) is 3.27. The molecule has 116 valence electrons. The van der Waals surface area contributed by atoms with Gasteiger partial charge in [0.15, 0.2) is 0 Å². The summed E-state index contributed by atoms with van der Waals surface area (Å²) in [4.78, 5) is 15.7. The van der Waals surface area contributed by atoms with Gasteiger partial charge in [0, 0.05) is 24.7 Å². The van der Waals surface area contributed by atoms with E-state index in [1.807, 2.05) is 0 Å². The van der Waals surface area contributed by atoms with Crippen LogP contribution in [0.3, 0.4) is 0 Å². The summed E-state index contributed by atoms with van der Waals surface area (Å²) >= 11 is 0. The lowest BCUT2D eigenvalue weighted by molar-refractivity contribution is -0.151. The number of ether oxygens (including phenoxy) is 1. The predicted molar refractivity (Wildman–Crippen MR) is 75.1 cm³/mol. The minimum Gasteiger partial charge on any atom is -0.466 e. The Morgan fingerprint density at radius 3 is 2.76 bits per heavy atom. The number of carbonyl (C=O) groups excluding carboxylic acids is 1. The molecule has 0 bridgehead atoms. The van der Waals surface area contributed by atoms with Crippen LogP contribution in [0.25, 0.3) is 0 Å². The van der Waals surface area contributed by atoms with Gasteiger partial charge in [-0.3, -0.25) is 9.78 Å². The summed E-state index contributed by atoms with van der Waals surface area (Å²) in [7, 11) is 0. The van der Waals surface area contributed by atoms with E-state index in [1.165, 1.54) is 12.4 Å². The molecule has 5 heteroatoms. The van der Waals surface area contributed by atoms with Crippen LogP contribution in [-0.2, 0) is 9.53 Å². The fourth-order valence-corrected chi connectivity index (χ4v) is 3.04. The highest BCUT2D eigenvalue weighted by molar-refractivity contribution is 5.72. The summed E-state index contributed by atoms with van der Waals surface area (Å²) in [6.07, 6.45) is 3.54. The smallest absolute Gasteiger partial charge is 0.308 e. The predicted octanol–water partition coefficient (Wildman–Crippen LogP) is 3.80. The van der Waals surface area contributed by atoms with Crippen LogP contribution in [-0.4, -0.2) is 23.5 Å². The van der Waals surface area contributed by atoms with Crippen molar-refractivity contribution in [3.63, 3.8) is 0 Å². The molecule has 1 fully saturated rings. The number of esters is 1. The van der Waals surface area contributed by atoms with Crippen molar-refractivity contribution in [2.45, 2.75) is 45.0 Å². The molecule has 0 radical (unpaired) electrons. The number of hydrogen-bond acceptors (Lipinski definition) is 3. The van der Waals surface area contributed by atoms with E-state index in [0.717, 1.165) is 0 Å². The number of rotatable bonds is 4. The van der Waals surface area contributed by atoms with Crippen molar-refractivity contribution in [2.75, 3.05) is 6.61 Å². The Hall–Kier alpha value is -1.52. The molecule has 2 unspecified atom stereocenters. The molecule has 1 aromatic rings. The van der Waals surface area contributed by atoms with Gasteiger partial charge >= 0.3 is 5.97 Å². The van der Waals surface area contributed by atoms with E-state index in [0.29, 0.717) is 25.0 Å². The van der Waals surface area contributed by atoms with Crippen LogP contribution in [0.1, 0.15) is 44.6 Å². The molecule has 1 heterocycles. The minimum absolute atomic E-state index is 0.0677. The Bertz CT molecular complexity index is 478. The molecule has 1 aliphatic rings. The van der Waals surface area contributed by atoms with Gasteiger partial charge in [0.2, 0.25) is 0 Å². The molecule has 1 aliphatic carbocycles. The summed E-state index contributed by atoms with van der Waals surface area (Å²) in [6.45, 7) is 3.84. The number of nitrogens with zero attached hydrogens (tertiary/aromatic N) is 1. The third kappa shape index (κ3) is 3.57. The van der Waals surface area contributed by atoms with E-state index >= 15 is 0 Å². The molecule has 0 amide bonds. The molecule has 0 saturated heterocycles. The largest absolute Gasteiger partial charge is 0.466 e. The van der Waals surface area contributed by atoms with Gasteiger partial charge in [0.05, 0.1) is 12.5 Å². The minimum atomic E-state index is -2.73. The monoisotopic (exact) mass is 297 g/mol. The van der Waals surface area contributed by atoms with Gasteiger partial charge < -0.3 is 4.74 Å². The summed E-state index contributed by atoms with van der Waals surface area (Å²) in [5, 5.41) is 0. The molecule has 0 N–H and O–H groups in total. The van der Waals surface area contributed by atoms with Crippen molar-refractivity contribution in [3.05, 3.63) is 30.1 Å². The first kappa shape index (κ1) is 15.9. The van der Waals surface area contributed by atoms with Gasteiger partial charge in [-0.15, -0.1) is 0 Å². The molecule has 2 rings (SSSR count). The number of carbonyl (C=O) groups is 1. The van der Waals surface area contributed by atoms with Crippen LogP contribution >= 0.6 is 0 Å². The first-order valence-electron chi connectivity index (χ1n) is 7.40. The maximum Gasteiger partial charge on any atom is 0.308 e. The van der Waals surface area contributed by atoms with Gasteiger partial charge in [-0.25, -0.2) is 8.78 Å². The van der Waals surface area contributed by atoms with Gasteiger partial charge in [-0.2, -0.15) is 0 Å². The zero-order valence-electron chi connectivity index (χ0n) is 12.4. The first-order valence-corrected chi connectivity index (χ1v) is 7.40. The maximum absolute atomic E-state index is 14.2. The average molecular weight is 297 g/mol. The Morgan fingerprint density at radius 1 is 1.48 bits per heavy atom. The SMILES string of the molecule is CCOC(=O)C(C)C1CCC(F)(F)[C@@H](c2ccncc2)C1. The fourth-order valence-electron chi connectivity index (χ4n) is 3.04. The number of hydrogen-bond donors (Lipinski definition) is 0. The number of halogens is 2. The third-order valence-electron chi connectivity index (χ3n) is 4.37. The van der Waals surface area contributed by atoms with E-state index in [2.05, 4.69) is 4.98 Å². The molecule has 3 atom stereocenters. The second-order valence-electron chi connectivity index (χ2n) is 5.67. The molecule has 1 aromatic heterocycles. The Morgan fingerprint density at radius 2 is 2.14 bits per heavy atom. The quantitative estimate of drug-likeness (QED) is 0.794. The second kappa shape index (κ2) is 6.50. The molecule has 1 saturated carbocycles. The lowest BCUT2D eigenvalue weighted by atomic mass is 9.71. The van der Waals surface area contributed by atoms with Gasteiger partial charge in [-0.05, 0) is 43.4 Å². The van der Waals surface area contributed by atoms with Crippen molar-refractivity contribution >= 4 is 5.97 Å². The summed E-state index contributed by atoms with van der Waals surface area (Å²) < 4.78 is 33.4. The molecular formula is C16H21F2NO2. The van der Waals surface area contributed by atoms with Crippen molar-refractivity contribution in [1.82, 2.24) is 4.98 Å². The first-order chi connectivity index (χ1) is 9.95. The van der Waals surface area contributed by atoms with Crippen LogP contribution in [0.2, 0.25) is 0 Å². The lowest BCUT2D eigenvalue weighted by Crippen LogP contribution is -2.37. The van der Waals surface area contributed by atoms with E-state index in [9.17, 15) is 13.6 Å². The van der Waals surface area contributed by atoms with Crippen molar-refractivity contribution in [1.29, 1.82) is 0 Å². The Balaban J connectivity index is 2.14. The number of pyridine rings is 1. The van der Waals surface area contributed by atoms with Crippen LogP contribution in [0.4, 0.5) is 8.78 Å². The molecular weight excluding hydrogens is 276 g/mol. The Labute approximate surface area is 123 Å². The van der Waals surface area contributed by atoms with E-state index in [4.69, 9.17) is 4.74 Å². The van der Waals surface area contributed by atoms with E-state index in [1.54, 1.807) is 26.0 Å².